The molecule has 0 aliphatic carbocycles. The number of nitrogens with zero attached hydrogens (tertiary/aromatic N) is 1. The van der Waals surface area contributed by atoms with E-state index in [2.05, 4.69) is 31.9 Å². The molecule has 17 heteroatoms. The van der Waals surface area contributed by atoms with Crippen LogP contribution in [0.3, 0.4) is 0 Å². The molecule has 0 saturated heterocycles. The molecule has 0 bridgehead atoms. The van der Waals surface area contributed by atoms with E-state index in [0.29, 0.717) is 22.0 Å². The van der Waals surface area contributed by atoms with Gasteiger partial charge in [-0.05, 0) is 72.7 Å². The monoisotopic (exact) mass is 745 g/mol. The van der Waals surface area contributed by atoms with E-state index in [9.17, 15) is 44.3 Å². The summed E-state index contributed by atoms with van der Waals surface area (Å²) in [4.78, 5) is 72.6. The Kier molecular flexibility index (Phi) is 17.0. The molecule has 284 valence electrons. The molecule has 3 amide bonds. The fraction of sp³-hybridized carbons (Fsp3) is 0.457. The Morgan fingerprint density at radius 3 is 1.87 bits per heavy atom. The Bertz CT molecular complexity index is 1580. The molecule has 3 atom stereocenters. The number of carbonyl (C=O) groups excluding carboxylic acids is 3. The largest absolute Gasteiger partial charge is 0.480 e. The summed E-state index contributed by atoms with van der Waals surface area (Å²) in [5.41, 5.74) is 1.30. The van der Waals surface area contributed by atoms with Gasteiger partial charge in [0, 0.05) is 29.4 Å². The van der Waals surface area contributed by atoms with Crippen LogP contribution in [0.25, 0.3) is 0 Å². The van der Waals surface area contributed by atoms with Gasteiger partial charge in [-0.1, -0.05) is 58.4 Å². The van der Waals surface area contributed by atoms with Crippen molar-refractivity contribution in [3.63, 3.8) is 0 Å². The van der Waals surface area contributed by atoms with E-state index >= 15 is 0 Å². The summed E-state index contributed by atoms with van der Waals surface area (Å²) in [5.74, 6) is -4.12. The fourth-order valence-corrected chi connectivity index (χ4v) is 4.96. The smallest absolute Gasteiger partial charge is 0.327 e. The molecular weight excluding hydrogens is 698 g/mol. The molecule has 2 aromatic rings. The standard InChI is InChI=1S/C35H48ClN7O9/c1-21(2)16-27(32(46)42-28(34(49)50)19-37-15-14-26(33(47)48)40-31(45)18-35(3,4)5)41-30(44)17-22-6-10-24(11-7-22)38-29(20-43(51)52)39-25-12-8-23(36)9-13-25/h6-13,20-21,26-28,37-39H,14-19H2,1-5H3,(H,40,45)(H,41,44)(H,42,46)(H,47,48)(H,49,50). The minimum atomic E-state index is -1.39. The van der Waals surface area contributed by atoms with Gasteiger partial charge in [-0.15, -0.1) is 0 Å². The van der Waals surface area contributed by atoms with Crippen LogP contribution < -0.4 is 31.9 Å². The number of anilines is 2. The van der Waals surface area contributed by atoms with Crippen molar-refractivity contribution in [2.75, 3.05) is 23.7 Å². The van der Waals surface area contributed by atoms with Crippen LogP contribution in [0.4, 0.5) is 11.4 Å². The van der Waals surface area contributed by atoms with Gasteiger partial charge in [0.25, 0.3) is 6.20 Å². The van der Waals surface area contributed by atoms with Gasteiger partial charge in [0.2, 0.25) is 17.7 Å². The Morgan fingerprint density at radius 2 is 1.37 bits per heavy atom. The number of benzene rings is 2. The third kappa shape index (κ3) is 17.1. The van der Waals surface area contributed by atoms with E-state index in [1.165, 1.54) is 0 Å². The summed E-state index contributed by atoms with van der Waals surface area (Å²) < 4.78 is 0. The molecule has 0 fully saturated rings. The number of hydrogen-bond donors (Lipinski definition) is 8. The Labute approximate surface area is 307 Å². The highest BCUT2D eigenvalue weighted by Gasteiger charge is 2.28. The molecule has 2 rings (SSSR count). The molecule has 0 radical (unpaired) electrons. The van der Waals surface area contributed by atoms with Gasteiger partial charge in [0.15, 0.2) is 5.82 Å². The van der Waals surface area contributed by atoms with E-state index in [0.717, 1.165) is 6.20 Å². The lowest BCUT2D eigenvalue weighted by Gasteiger charge is -2.23. The SMILES string of the molecule is CC(C)CC(NC(=O)Cc1ccc(NC(=C[N+](=O)[O-])Nc2ccc(Cl)cc2)cc1)C(=O)NC(CNCCC(NC(=O)CC(C)(C)C)C(=O)O)C(=O)O. The van der Waals surface area contributed by atoms with Gasteiger partial charge in [-0.25, -0.2) is 9.59 Å². The van der Waals surface area contributed by atoms with Crippen LogP contribution in [-0.4, -0.2) is 76.0 Å². The molecule has 0 saturated carbocycles. The second kappa shape index (κ2) is 20.6. The normalized spacial score (nSPS) is 13.3. The van der Waals surface area contributed by atoms with Crippen LogP contribution in [0.1, 0.15) is 59.4 Å². The van der Waals surface area contributed by atoms with E-state index in [1.54, 1.807) is 48.5 Å². The predicted octanol–water partition coefficient (Wildman–Crippen LogP) is 3.57. The molecule has 3 unspecified atom stereocenters. The summed E-state index contributed by atoms with van der Waals surface area (Å²) in [5, 5.41) is 47.2. The van der Waals surface area contributed by atoms with Crippen molar-refractivity contribution in [1.82, 2.24) is 21.3 Å². The number of carboxylic acids is 2. The third-order valence-corrected chi connectivity index (χ3v) is 7.46. The number of nitrogens with one attached hydrogen (secondary N) is 6. The average molecular weight is 746 g/mol. The molecule has 2 aromatic carbocycles. The van der Waals surface area contributed by atoms with Crippen LogP contribution in [0, 0.1) is 21.4 Å². The number of halogens is 1. The second-order valence-corrected chi connectivity index (χ2v) is 14.2. The van der Waals surface area contributed by atoms with Crippen LogP contribution in [0.15, 0.2) is 60.6 Å². The molecular formula is C35H48ClN7O9. The van der Waals surface area contributed by atoms with E-state index in [-0.39, 0.29) is 55.9 Å². The van der Waals surface area contributed by atoms with Crippen molar-refractivity contribution in [2.45, 2.75) is 78.4 Å². The highest BCUT2D eigenvalue weighted by atomic mass is 35.5. The average Bonchev–Trinajstić information content (AvgIpc) is 3.01. The lowest BCUT2D eigenvalue weighted by Crippen LogP contribution is -2.55. The minimum Gasteiger partial charge on any atom is -0.480 e. The first-order chi connectivity index (χ1) is 24.3. The molecule has 0 aliphatic heterocycles. The lowest BCUT2D eigenvalue weighted by atomic mass is 9.92. The molecule has 16 nitrogen and oxygen atoms in total. The van der Waals surface area contributed by atoms with Gasteiger partial charge in [0.05, 0.1) is 11.3 Å². The van der Waals surface area contributed by atoms with Crippen LogP contribution >= 0.6 is 11.6 Å². The number of aliphatic carboxylic acids is 2. The zero-order valence-corrected chi connectivity index (χ0v) is 30.6. The highest BCUT2D eigenvalue weighted by Crippen LogP contribution is 2.19. The number of hydrogen-bond acceptors (Lipinski definition) is 10. The van der Waals surface area contributed by atoms with Crippen LogP contribution in [0.2, 0.25) is 5.02 Å². The summed E-state index contributed by atoms with van der Waals surface area (Å²) >= 11 is 5.91. The van der Waals surface area contributed by atoms with Gasteiger partial charge in [-0.3, -0.25) is 24.5 Å². The van der Waals surface area contributed by atoms with Crippen molar-refractivity contribution < 1.29 is 39.1 Å². The maximum Gasteiger partial charge on any atom is 0.327 e. The highest BCUT2D eigenvalue weighted by molar-refractivity contribution is 6.30. The minimum absolute atomic E-state index is 0.0222. The van der Waals surface area contributed by atoms with Gasteiger partial charge < -0.3 is 42.1 Å². The first-order valence-electron chi connectivity index (χ1n) is 16.6. The summed E-state index contributed by atoms with van der Waals surface area (Å²) in [6, 6.07) is 9.50. The molecule has 0 aromatic heterocycles. The second-order valence-electron chi connectivity index (χ2n) is 13.8. The van der Waals surface area contributed by atoms with Gasteiger partial charge in [0.1, 0.15) is 18.1 Å². The molecule has 0 spiro atoms. The summed E-state index contributed by atoms with van der Waals surface area (Å²) in [6.07, 6.45) is 0.995. The van der Waals surface area contributed by atoms with Crippen molar-refractivity contribution in [3.05, 3.63) is 81.3 Å². The maximum atomic E-state index is 13.2. The molecule has 0 heterocycles. The van der Waals surface area contributed by atoms with Crippen molar-refractivity contribution >= 4 is 52.6 Å². The topological polar surface area (TPSA) is 241 Å². The molecule has 0 aliphatic rings. The first kappa shape index (κ1) is 42.9. The van der Waals surface area contributed by atoms with Crippen molar-refractivity contribution in [2.24, 2.45) is 11.3 Å². The molecule has 52 heavy (non-hydrogen) atoms. The van der Waals surface area contributed by atoms with E-state index in [1.807, 2.05) is 34.6 Å². The van der Waals surface area contributed by atoms with Crippen molar-refractivity contribution in [1.29, 1.82) is 0 Å². The predicted molar refractivity (Wildman–Crippen MR) is 196 cm³/mol. The number of rotatable bonds is 21. The number of nitro groups is 1. The molecule has 8 N–H and O–H groups in total. The number of carbonyl (C=O) groups is 5. The quantitative estimate of drug-likeness (QED) is 0.0520. The maximum absolute atomic E-state index is 13.2. The Morgan fingerprint density at radius 1 is 0.827 bits per heavy atom. The van der Waals surface area contributed by atoms with Crippen molar-refractivity contribution in [3.8, 4) is 0 Å². The first-order valence-corrected chi connectivity index (χ1v) is 17.0. The summed E-state index contributed by atoms with van der Waals surface area (Å²) in [6.45, 7) is 9.04. The Hall–Kier alpha value is -5.22. The number of amides is 3. The fourth-order valence-electron chi connectivity index (χ4n) is 4.83. The van der Waals surface area contributed by atoms with E-state index < -0.39 is 52.7 Å². The van der Waals surface area contributed by atoms with Gasteiger partial charge >= 0.3 is 11.9 Å². The zero-order valence-electron chi connectivity index (χ0n) is 29.8. The third-order valence-electron chi connectivity index (χ3n) is 7.21. The summed E-state index contributed by atoms with van der Waals surface area (Å²) in [7, 11) is 0. The zero-order chi connectivity index (χ0) is 39.0. The van der Waals surface area contributed by atoms with E-state index in [4.69, 9.17) is 11.6 Å². The number of carboxylic acid groups (broad SMARTS) is 2. The van der Waals surface area contributed by atoms with Gasteiger partial charge in [-0.2, -0.15) is 0 Å². The van der Waals surface area contributed by atoms with Crippen LogP contribution in [-0.2, 0) is 30.4 Å². The Balaban J connectivity index is 1.97. The van der Waals surface area contributed by atoms with Crippen LogP contribution in [0.5, 0.6) is 0 Å². The lowest BCUT2D eigenvalue weighted by molar-refractivity contribution is -0.403.